The maximum Gasteiger partial charge on any atom is 0.191 e. The molecule has 138 valence electrons. The van der Waals surface area contributed by atoms with Crippen LogP contribution in [0.5, 0.6) is 0 Å². The maximum atomic E-state index is 5.48. The van der Waals surface area contributed by atoms with Gasteiger partial charge >= 0.3 is 0 Å². The highest BCUT2D eigenvalue weighted by Gasteiger charge is 2.23. The number of hydrogen-bond acceptors (Lipinski definition) is 4. The summed E-state index contributed by atoms with van der Waals surface area (Å²) in [6.45, 7) is 12.9. The van der Waals surface area contributed by atoms with Gasteiger partial charge in [0.1, 0.15) is 0 Å². The Kier molecular flexibility index (Phi) is 10.9. The maximum absolute atomic E-state index is 5.48. The zero-order valence-corrected chi connectivity index (χ0v) is 18.1. The lowest BCUT2D eigenvalue weighted by Gasteiger charge is -2.37. The summed E-state index contributed by atoms with van der Waals surface area (Å²) in [4.78, 5) is 8.51. The lowest BCUT2D eigenvalue weighted by Crippen LogP contribution is -2.52. The van der Waals surface area contributed by atoms with E-state index < -0.39 is 0 Å². The lowest BCUT2D eigenvalue weighted by atomic mass is 10.0. The molecule has 0 radical (unpaired) electrons. The average Bonchev–Trinajstić information content (AvgIpc) is 3.07. The second-order valence-electron chi connectivity index (χ2n) is 6.12. The highest BCUT2D eigenvalue weighted by atomic mass is 127. The second-order valence-corrected chi connectivity index (χ2v) is 7.15. The SMILES string of the molecule is CCNC(=NCc1cccs1)NCC(C(C)C)N1CCOCC1.I. The van der Waals surface area contributed by atoms with E-state index in [1.165, 1.54) is 4.88 Å². The highest BCUT2D eigenvalue weighted by Crippen LogP contribution is 2.12. The fraction of sp³-hybridized carbons (Fsp3) is 0.706. The largest absolute Gasteiger partial charge is 0.379 e. The van der Waals surface area contributed by atoms with E-state index in [4.69, 9.17) is 9.73 Å². The van der Waals surface area contributed by atoms with Crippen LogP contribution in [0, 0.1) is 5.92 Å². The Bertz CT molecular complexity index is 461. The number of nitrogens with one attached hydrogen (secondary N) is 2. The number of thiophene rings is 1. The van der Waals surface area contributed by atoms with Crippen molar-refractivity contribution in [1.29, 1.82) is 0 Å². The molecule has 5 nitrogen and oxygen atoms in total. The fourth-order valence-corrected chi connectivity index (χ4v) is 3.43. The summed E-state index contributed by atoms with van der Waals surface area (Å²) in [6, 6.07) is 4.70. The second kappa shape index (κ2) is 12.1. The Morgan fingerprint density at radius 1 is 1.33 bits per heavy atom. The molecule has 0 saturated carbocycles. The molecule has 2 N–H and O–H groups in total. The lowest BCUT2D eigenvalue weighted by molar-refractivity contribution is 0.00752. The molecule has 24 heavy (non-hydrogen) atoms. The molecule has 0 bridgehead atoms. The molecule has 1 aromatic heterocycles. The molecule has 1 unspecified atom stereocenters. The molecule has 1 atom stereocenters. The molecule has 2 heterocycles. The molecule has 0 spiro atoms. The number of rotatable bonds is 7. The molecule has 7 heteroatoms. The molecule has 0 aromatic carbocycles. The van der Waals surface area contributed by atoms with Crippen molar-refractivity contribution in [3.8, 4) is 0 Å². The van der Waals surface area contributed by atoms with Gasteiger partial charge in [0.05, 0.1) is 19.8 Å². The normalized spacial score (nSPS) is 17.4. The van der Waals surface area contributed by atoms with Crippen molar-refractivity contribution in [3.05, 3.63) is 22.4 Å². The minimum atomic E-state index is 0. The van der Waals surface area contributed by atoms with E-state index in [0.29, 0.717) is 12.0 Å². The van der Waals surface area contributed by atoms with E-state index in [9.17, 15) is 0 Å². The van der Waals surface area contributed by atoms with Gasteiger partial charge in [-0.1, -0.05) is 19.9 Å². The van der Waals surface area contributed by atoms with Gasteiger partial charge in [-0.25, -0.2) is 4.99 Å². The van der Waals surface area contributed by atoms with E-state index in [0.717, 1.165) is 51.9 Å². The first kappa shape index (κ1) is 21.7. The monoisotopic (exact) mass is 466 g/mol. The molecule has 1 aliphatic rings. The number of morpholine rings is 1. The zero-order chi connectivity index (χ0) is 16.5. The first-order chi connectivity index (χ1) is 11.2. The smallest absolute Gasteiger partial charge is 0.191 e. The number of aliphatic imine (C=N–C) groups is 1. The Balaban J connectivity index is 0.00000288. The van der Waals surface area contributed by atoms with Gasteiger partial charge in [0.25, 0.3) is 0 Å². The predicted molar refractivity (Wildman–Crippen MR) is 114 cm³/mol. The van der Waals surface area contributed by atoms with Gasteiger partial charge < -0.3 is 15.4 Å². The molecule has 1 saturated heterocycles. The van der Waals surface area contributed by atoms with Crippen molar-refractivity contribution in [3.63, 3.8) is 0 Å². The van der Waals surface area contributed by atoms with Crippen LogP contribution in [-0.4, -0.2) is 56.3 Å². The van der Waals surface area contributed by atoms with Crippen LogP contribution < -0.4 is 10.6 Å². The van der Waals surface area contributed by atoms with Crippen molar-refractivity contribution < 1.29 is 4.74 Å². The fourth-order valence-electron chi connectivity index (χ4n) is 2.80. The quantitative estimate of drug-likeness (QED) is 0.369. The van der Waals surface area contributed by atoms with Crippen LogP contribution in [0.25, 0.3) is 0 Å². The van der Waals surface area contributed by atoms with Crippen LogP contribution in [-0.2, 0) is 11.3 Å². The van der Waals surface area contributed by atoms with Crippen LogP contribution in [0.4, 0.5) is 0 Å². The third-order valence-corrected chi connectivity index (χ3v) is 4.94. The van der Waals surface area contributed by atoms with E-state index in [1.807, 2.05) is 0 Å². The summed E-state index contributed by atoms with van der Waals surface area (Å²) in [5.41, 5.74) is 0. The average molecular weight is 466 g/mol. The summed E-state index contributed by atoms with van der Waals surface area (Å²) in [5.74, 6) is 1.50. The van der Waals surface area contributed by atoms with Gasteiger partial charge in [-0.2, -0.15) is 0 Å². The summed E-state index contributed by atoms with van der Waals surface area (Å²) < 4.78 is 5.48. The van der Waals surface area contributed by atoms with Crippen molar-refractivity contribution in [2.45, 2.75) is 33.4 Å². The van der Waals surface area contributed by atoms with E-state index in [-0.39, 0.29) is 24.0 Å². The first-order valence-electron chi connectivity index (χ1n) is 8.57. The summed E-state index contributed by atoms with van der Waals surface area (Å²) in [6.07, 6.45) is 0. The van der Waals surface area contributed by atoms with Crippen LogP contribution in [0.15, 0.2) is 22.5 Å². The highest BCUT2D eigenvalue weighted by molar-refractivity contribution is 14.0. The van der Waals surface area contributed by atoms with E-state index in [1.54, 1.807) is 11.3 Å². The number of ether oxygens (including phenoxy) is 1. The minimum absolute atomic E-state index is 0. The summed E-state index contributed by atoms with van der Waals surface area (Å²) >= 11 is 1.75. The third-order valence-electron chi connectivity index (χ3n) is 4.08. The molecule has 0 amide bonds. The van der Waals surface area contributed by atoms with Crippen LogP contribution in [0.1, 0.15) is 25.6 Å². The topological polar surface area (TPSA) is 48.9 Å². The number of hydrogen-bond donors (Lipinski definition) is 2. The molecular weight excluding hydrogens is 435 g/mol. The zero-order valence-electron chi connectivity index (χ0n) is 15.0. The summed E-state index contributed by atoms with van der Waals surface area (Å²) in [7, 11) is 0. The van der Waals surface area contributed by atoms with Crippen LogP contribution in [0.3, 0.4) is 0 Å². The number of nitrogens with zero attached hydrogens (tertiary/aromatic N) is 2. The molecular formula is C17H31IN4OS. The van der Waals surface area contributed by atoms with Gasteiger partial charge in [0, 0.05) is 37.1 Å². The number of halogens is 1. The Morgan fingerprint density at radius 3 is 2.67 bits per heavy atom. The molecule has 1 aromatic rings. The van der Waals surface area contributed by atoms with Crippen molar-refractivity contribution in [2.24, 2.45) is 10.9 Å². The standard InChI is InChI=1S/C17H30N4OS.HI/c1-4-18-17(19-12-15-6-5-11-23-15)20-13-16(14(2)3)21-7-9-22-10-8-21;/h5-6,11,14,16H,4,7-10,12-13H2,1-3H3,(H2,18,19,20);1H. The van der Waals surface area contributed by atoms with Crippen LogP contribution >= 0.6 is 35.3 Å². The van der Waals surface area contributed by atoms with E-state index in [2.05, 4.69) is 53.8 Å². The van der Waals surface area contributed by atoms with Gasteiger partial charge in [0.15, 0.2) is 5.96 Å². The predicted octanol–water partition coefficient (Wildman–Crippen LogP) is 2.78. The molecule has 2 rings (SSSR count). The minimum Gasteiger partial charge on any atom is -0.379 e. The van der Waals surface area contributed by atoms with Gasteiger partial charge in [-0.15, -0.1) is 35.3 Å². The third kappa shape index (κ3) is 7.25. The van der Waals surface area contributed by atoms with Crippen molar-refractivity contribution >= 4 is 41.3 Å². The first-order valence-corrected chi connectivity index (χ1v) is 9.45. The number of guanidine groups is 1. The Labute approximate surface area is 167 Å². The van der Waals surface area contributed by atoms with E-state index >= 15 is 0 Å². The molecule has 0 aliphatic carbocycles. The van der Waals surface area contributed by atoms with Gasteiger partial charge in [-0.3, -0.25) is 4.90 Å². The summed E-state index contributed by atoms with van der Waals surface area (Å²) in [5, 5.41) is 8.96. The Hall–Kier alpha value is -0.380. The van der Waals surface area contributed by atoms with Crippen LogP contribution in [0.2, 0.25) is 0 Å². The van der Waals surface area contributed by atoms with Gasteiger partial charge in [-0.05, 0) is 24.3 Å². The molecule has 1 aliphatic heterocycles. The van der Waals surface area contributed by atoms with Crippen molar-refractivity contribution in [1.82, 2.24) is 15.5 Å². The molecule has 1 fully saturated rings. The Morgan fingerprint density at radius 2 is 2.08 bits per heavy atom. The van der Waals surface area contributed by atoms with Gasteiger partial charge in [0.2, 0.25) is 0 Å². The van der Waals surface area contributed by atoms with Crippen molar-refractivity contribution in [2.75, 3.05) is 39.4 Å².